The van der Waals surface area contributed by atoms with E-state index in [9.17, 15) is 13.9 Å². The molecular formula is C32H22Cl2F2N2O2. The number of halogens is 4. The molecule has 4 aromatic carbocycles. The van der Waals surface area contributed by atoms with Gasteiger partial charge in [-0.1, -0.05) is 71.7 Å². The molecule has 0 fully saturated rings. The predicted molar refractivity (Wildman–Crippen MR) is 157 cm³/mol. The van der Waals surface area contributed by atoms with E-state index in [0.29, 0.717) is 54.9 Å². The van der Waals surface area contributed by atoms with E-state index in [1.54, 1.807) is 54.6 Å². The van der Waals surface area contributed by atoms with E-state index in [1.807, 2.05) is 30.3 Å². The van der Waals surface area contributed by atoms with Gasteiger partial charge in [0, 0.05) is 27.5 Å². The highest BCUT2D eigenvalue weighted by Gasteiger charge is 2.15. The van der Waals surface area contributed by atoms with Crippen molar-refractivity contribution in [1.82, 2.24) is 9.97 Å². The van der Waals surface area contributed by atoms with Crippen LogP contribution in [0, 0.1) is 11.6 Å². The fraction of sp³-hybridized carbons (Fsp3) is 0.0625. The van der Waals surface area contributed by atoms with Crippen molar-refractivity contribution in [3.8, 4) is 28.3 Å². The van der Waals surface area contributed by atoms with Crippen LogP contribution in [0.25, 0.3) is 44.3 Å². The van der Waals surface area contributed by atoms with Crippen LogP contribution in [0.2, 0.25) is 10.0 Å². The number of benzene rings is 4. The monoisotopic (exact) mass is 574 g/mol. The number of para-hydroxylation sites is 2. The van der Waals surface area contributed by atoms with Gasteiger partial charge in [0.05, 0.1) is 40.5 Å². The lowest BCUT2D eigenvalue weighted by molar-refractivity contribution is 0.282. The van der Waals surface area contributed by atoms with Crippen LogP contribution in [0.5, 0.6) is 5.75 Å². The maximum absolute atomic E-state index is 14.0. The number of aliphatic hydroxyl groups excluding tert-OH is 1. The minimum atomic E-state index is -0.374. The van der Waals surface area contributed by atoms with Crippen LogP contribution in [-0.4, -0.2) is 22.2 Å². The van der Waals surface area contributed by atoms with Crippen molar-refractivity contribution in [2.45, 2.75) is 6.61 Å². The summed E-state index contributed by atoms with van der Waals surface area (Å²) in [5.74, 6) is -0.198. The molecule has 0 saturated carbocycles. The first kappa shape index (κ1) is 27.5. The smallest absolute Gasteiger partial charge is 0.145 e. The summed E-state index contributed by atoms with van der Waals surface area (Å²) in [6, 6.07) is 27.3. The quantitative estimate of drug-likeness (QED) is 0.228. The minimum Gasteiger partial charge on any atom is -0.494 e. The Morgan fingerprint density at radius 3 is 1.70 bits per heavy atom. The zero-order valence-corrected chi connectivity index (χ0v) is 22.7. The number of hydrogen-bond acceptors (Lipinski definition) is 4. The molecule has 0 bridgehead atoms. The Labute approximate surface area is 239 Å². The Bertz CT molecular complexity index is 1710. The molecule has 200 valence electrons. The Kier molecular flexibility index (Phi) is 8.21. The third-order valence-electron chi connectivity index (χ3n) is 6.29. The molecule has 6 aromatic rings. The van der Waals surface area contributed by atoms with Crippen LogP contribution >= 0.6 is 23.2 Å². The number of nitrogens with zero attached hydrogens (tertiary/aromatic N) is 2. The number of methoxy groups -OCH3 is 1. The topological polar surface area (TPSA) is 55.2 Å². The molecule has 40 heavy (non-hydrogen) atoms. The van der Waals surface area contributed by atoms with Crippen molar-refractivity contribution in [1.29, 1.82) is 0 Å². The first-order valence-corrected chi connectivity index (χ1v) is 13.0. The van der Waals surface area contributed by atoms with E-state index < -0.39 is 0 Å². The number of ether oxygens (including phenoxy) is 1. The molecule has 0 spiro atoms. The molecule has 2 aromatic heterocycles. The van der Waals surface area contributed by atoms with Crippen LogP contribution in [0.4, 0.5) is 8.78 Å². The second kappa shape index (κ2) is 12.0. The molecule has 1 N–H and O–H groups in total. The summed E-state index contributed by atoms with van der Waals surface area (Å²) in [6.07, 6.45) is 0. The Balaban J connectivity index is 0.000000161. The molecule has 4 nitrogen and oxygen atoms in total. The highest BCUT2D eigenvalue weighted by atomic mass is 35.5. The van der Waals surface area contributed by atoms with Crippen molar-refractivity contribution < 1.29 is 18.6 Å². The molecular weight excluding hydrogens is 553 g/mol. The zero-order valence-electron chi connectivity index (χ0n) is 21.2. The lowest BCUT2D eigenvalue weighted by Crippen LogP contribution is -1.96. The largest absolute Gasteiger partial charge is 0.494 e. The lowest BCUT2D eigenvalue weighted by Gasteiger charge is -2.11. The normalized spacial score (nSPS) is 10.8. The number of rotatable bonds is 4. The van der Waals surface area contributed by atoms with Gasteiger partial charge in [0.15, 0.2) is 0 Å². The summed E-state index contributed by atoms with van der Waals surface area (Å²) in [7, 11) is 1.54. The Morgan fingerprint density at radius 1 is 0.675 bits per heavy atom. The average Bonchev–Trinajstić information content (AvgIpc) is 2.97. The van der Waals surface area contributed by atoms with Crippen molar-refractivity contribution in [3.63, 3.8) is 0 Å². The zero-order chi connectivity index (χ0) is 28.2. The van der Waals surface area contributed by atoms with Crippen LogP contribution < -0.4 is 4.74 Å². The van der Waals surface area contributed by atoms with Crippen LogP contribution in [0.15, 0.2) is 97.1 Å². The second-order valence-electron chi connectivity index (χ2n) is 8.78. The molecule has 0 radical (unpaired) electrons. The molecule has 0 aliphatic rings. The summed E-state index contributed by atoms with van der Waals surface area (Å²) < 4.78 is 33.2. The summed E-state index contributed by atoms with van der Waals surface area (Å²) in [4.78, 5) is 8.92. The molecule has 0 amide bonds. The first-order chi connectivity index (χ1) is 19.4. The van der Waals surface area contributed by atoms with E-state index in [0.717, 1.165) is 10.8 Å². The van der Waals surface area contributed by atoms with Crippen molar-refractivity contribution in [3.05, 3.63) is 124 Å². The lowest BCUT2D eigenvalue weighted by atomic mass is 10.0. The maximum atomic E-state index is 14.0. The Hall–Kier alpha value is -4.10. The van der Waals surface area contributed by atoms with Gasteiger partial charge in [-0.25, -0.2) is 18.7 Å². The standard InChI is InChI=1S/2C16H11ClFNO/c1-20-14-9-10-5-4-7-12(17)15(10)19-16(14)11-6-2-3-8-13(11)18;17-13-6-3-4-10-8-11(9-20)15(19-16(10)13)12-5-1-2-7-14(12)18/h2-9H,1H3;1-8,20H,9H2. The average molecular weight is 575 g/mol. The summed E-state index contributed by atoms with van der Waals surface area (Å²) >= 11 is 12.3. The van der Waals surface area contributed by atoms with Gasteiger partial charge in [-0.3, -0.25) is 0 Å². The molecule has 0 saturated heterocycles. The third-order valence-corrected chi connectivity index (χ3v) is 6.90. The predicted octanol–water partition coefficient (Wildman–Crippen LogP) is 8.89. The van der Waals surface area contributed by atoms with Gasteiger partial charge >= 0.3 is 0 Å². The molecule has 8 heteroatoms. The molecule has 0 atom stereocenters. The molecule has 2 heterocycles. The highest BCUT2D eigenvalue weighted by molar-refractivity contribution is 6.35. The van der Waals surface area contributed by atoms with E-state index in [1.165, 1.54) is 19.2 Å². The van der Waals surface area contributed by atoms with Gasteiger partial charge in [0.2, 0.25) is 0 Å². The second-order valence-corrected chi connectivity index (χ2v) is 9.59. The van der Waals surface area contributed by atoms with Crippen molar-refractivity contribution in [2.75, 3.05) is 7.11 Å². The van der Waals surface area contributed by atoms with Gasteiger partial charge in [-0.15, -0.1) is 0 Å². The first-order valence-electron chi connectivity index (χ1n) is 12.2. The number of fused-ring (bicyclic) bond motifs is 2. The number of aromatic nitrogens is 2. The van der Waals surface area contributed by atoms with E-state index in [-0.39, 0.29) is 18.2 Å². The number of hydrogen-bond donors (Lipinski definition) is 1. The molecule has 6 rings (SSSR count). The summed E-state index contributed by atoms with van der Waals surface area (Å²) in [5, 5.41) is 12.2. The molecule has 0 unspecified atom stereocenters. The van der Waals surface area contributed by atoms with Gasteiger partial charge in [0.25, 0.3) is 0 Å². The van der Waals surface area contributed by atoms with Gasteiger partial charge in [0.1, 0.15) is 23.1 Å². The van der Waals surface area contributed by atoms with Gasteiger partial charge < -0.3 is 9.84 Å². The third kappa shape index (κ3) is 5.47. The van der Waals surface area contributed by atoms with Gasteiger partial charge in [-0.2, -0.15) is 0 Å². The molecule has 0 aliphatic carbocycles. The maximum Gasteiger partial charge on any atom is 0.145 e. The van der Waals surface area contributed by atoms with E-state index in [2.05, 4.69) is 9.97 Å². The highest BCUT2D eigenvalue weighted by Crippen LogP contribution is 2.35. The fourth-order valence-electron chi connectivity index (χ4n) is 4.36. The minimum absolute atomic E-state index is 0.209. The van der Waals surface area contributed by atoms with Crippen LogP contribution in [0.1, 0.15) is 5.56 Å². The Morgan fingerprint density at radius 2 is 1.18 bits per heavy atom. The van der Waals surface area contributed by atoms with Crippen LogP contribution in [0.3, 0.4) is 0 Å². The summed E-state index contributed by atoms with van der Waals surface area (Å²) in [5.41, 5.74) is 3.43. The van der Waals surface area contributed by atoms with E-state index in [4.69, 9.17) is 27.9 Å². The number of aliphatic hydroxyl groups is 1. The fourth-order valence-corrected chi connectivity index (χ4v) is 4.81. The summed E-state index contributed by atoms with van der Waals surface area (Å²) in [6.45, 7) is -0.209. The van der Waals surface area contributed by atoms with Gasteiger partial charge in [-0.05, 0) is 48.5 Å². The van der Waals surface area contributed by atoms with Crippen LogP contribution in [-0.2, 0) is 6.61 Å². The van der Waals surface area contributed by atoms with Crippen molar-refractivity contribution in [2.24, 2.45) is 0 Å². The van der Waals surface area contributed by atoms with Crippen molar-refractivity contribution >= 4 is 45.0 Å². The number of pyridine rings is 2. The SMILES string of the molecule is COc1cc2cccc(Cl)c2nc1-c1ccccc1F.OCc1cc2cccc(Cl)c2nc1-c1ccccc1F. The molecule has 0 aliphatic heterocycles. The van der Waals surface area contributed by atoms with E-state index >= 15 is 0 Å².